The Morgan fingerprint density at radius 2 is 1.75 bits per heavy atom. The van der Waals surface area contributed by atoms with Crippen LogP contribution in [0.3, 0.4) is 0 Å². The number of nitrogen functional groups attached to an aromatic ring is 1. The second-order valence-corrected chi connectivity index (χ2v) is 2.98. The van der Waals surface area contributed by atoms with Crippen molar-refractivity contribution in [3.8, 4) is 5.75 Å². The van der Waals surface area contributed by atoms with Gasteiger partial charge in [-0.15, -0.1) is 0 Å². The van der Waals surface area contributed by atoms with Crippen molar-refractivity contribution in [1.29, 1.82) is 0 Å². The summed E-state index contributed by atoms with van der Waals surface area (Å²) in [4.78, 5) is 21.3. The Labute approximate surface area is 92.1 Å². The van der Waals surface area contributed by atoms with Crippen molar-refractivity contribution in [2.45, 2.75) is 0 Å². The van der Waals surface area contributed by atoms with E-state index in [-0.39, 0.29) is 6.61 Å². The molecule has 0 fully saturated rings. The SMILES string of the molecule is NC(=O)COC(=O)COc1ccc(N)cc1. The summed E-state index contributed by atoms with van der Waals surface area (Å²) < 4.78 is 9.56. The summed E-state index contributed by atoms with van der Waals surface area (Å²) in [6, 6.07) is 6.53. The van der Waals surface area contributed by atoms with Gasteiger partial charge >= 0.3 is 5.97 Å². The summed E-state index contributed by atoms with van der Waals surface area (Å²) >= 11 is 0. The first kappa shape index (κ1) is 11.8. The highest BCUT2D eigenvalue weighted by atomic mass is 16.6. The van der Waals surface area contributed by atoms with Gasteiger partial charge in [0.05, 0.1) is 0 Å². The molecule has 0 aliphatic rings. The molecule has 0 saturated heterocycles. The molecule has 0 aliphatic carbocycles. The van der Waals surface area contributed by atoms with Gasteiger partial charge in [-0.05, 0) is 24.3 Å². The zero-order valence-corrected chi connectivity index (χ0v) is 8.51. The summed E-state index contributed by atoms with van der Waals surface area (Å²) in [6.07, 6.45) is 0. The van der Waals surface area contributed by atoms with E-state index in [1.54, 1.807) is 24.3 Å². The smallest absolute Gasteiger partial charge is 0.344 e. The van der Waals surface area contributed by atoms with Gasteiger partial charge in [0.1, 0.15) is 5.75 Å². The Hall–Kier alpha value is -2.24. The summed E-state index contributed by atoms with van der Waals surface area (Å²) in [6.45, 7) is -0.721. The third-order valence-corrected chi connectivity index (χ3v) is 1.61. The van der Waals surface area contributed by atoms with Gasteiger partial charge in [0.2, 0.25) is 0 Å². The fraction of sp³-hybridized carbons (Fsp3) is 0.200. The zero-order chi connectivity index (χ0) is 12.0. The quantitative estimate of drug-likeness (QED) is 0.526. The van der Waals surface area contributed by atoms with Crippen molar-refractivity contribution < 1.29 is 19.1 Å². The van der Waals surface area contributed by atoms with E-state index in [2.05, 4.69) is 4.74 Å². The third-order valence-electron chi connectivity index (χ3n) is 1.61. The van der Waals surface area contributed by atoms with Crippen molar-refractivity contribution in [3.63, 3.8) is 0 Å². The topological polar surface area (TPSA) is 105 Å². The maximum absolute atomic E-state index is 11.0. The Kier molecular flexibility index (Phi) is 4.14. The highest BCUT2D eigenvalue weighted by Crippen LogP contribution is 2.12. The molecule has 6 nitrogen and oxygen atoms in total. The molecule has 0 aromatic heterocycles. The number of carbonyl (C=O) groups is 2. The lowest BCUT2D eigenvalue weighted by Crippen LogP contribution is -2.23. The molecule has 0 spiro atoms. The van der Waals surface area contributed by atoms with Gasteiger partial charge in [0.25, 0.3) is 5.91 Å². The monoisotopic (exact) mass is 224 g/mol. The minimum absolute atomic E-state index is 0.281. The van der Waals surface area contributed by atoms with Crippen LogP contribution in [0, 0.1) is 0 Å². The molecule has 4 N–H and O–H groups in total. The average Bonchev–Trinajstić information content (AvgIpc) is 2.25. The highest BCUT2D eigenvalue weighted by molar-refractivity contribution is 5.79. The molecule has 1 rings (SSSR count). The lowest BCUT2D eigenvalue weighted by atomic mass is 10.3. The number of esters is 1. The van der Waals surface area contributed by atoms with Crippen LogP contribution in [0.2, 0.25) is 0 Å². The first-order chi connectivity index (χ1) is 7.58. The normalized spacial score (nSPS) is 9.50. The number of anilines is 1. The van der Waals surface area contributed by atoms with Crippen LogP contribution in [-0.2, 0) is 14.3 Å². The van der Waals surface area contributed by atoms with Gasteiger partial charge in [-0.25, -0.2) is 4.79 Å². The van der Waals surface area contributed by atoms with E-state index >= 15 is 0 Å². The van der Waals surface area contributed by atoms with Crippen molar-refractivity contribution >= 4 is 17.6 Å². The number of ether oxygens (including phenoxy) is 2. The minimum atomic E-state index is -0.708. The first-order valence-electron chi connectivity index (χ1n) is 4.50. The number of amides is 1. The predicted octanol–water partition coefficient (Wildman–Crippen LogP) is -0.324. The number of carbonyl (C=O) groups excluding carboxylic acids is 2. The summed E-state index contributed by atoms with van der Waals surface area (Å²) in [7, 11) is 0. The van der Waals surface area contributed by atoms with Crippen LogP contribution in [0.15, 0.2) is 24.3 Å². The van der Waals surface area contributed by atoms with E-state index < -0.39 is 18.5 Å². The van der Waals surface area contributed by atoms with Gasteiger partial charge in [0, 0.05) is 5.69 Å². The summed E-state index contributed by atoms with van der Waals surface area (Å²) in [5.74, 6) is -0.873. The van der Waals surface area contributed by atoms with E-state index in [1.165, 1.54) is 0 Å². The number of primary amides is 1. The second kappa shape index (κ2) is 5.59. The molecule has 0 bridgehead atoms. The van der Waals surface area contributed by atoms with E-state index in [0.717, 1.165) is 0 Å². The van der Waals surface area contributed by atoms with E-state index in [4.69, 9.17) is 16.2 Å². The highest BCUT2D eigenvalue weighted by Gasteiger charge is 2.05. The summed E-state index contributed by atoms with van der Waals surface area (Å²) in [5.41, 5.74) is 10.9. The van der Waals surface area contributed by atoms with Crippen molar-refractivity contribution in [2.75, 3.05) is 18.9 Å². The van der Waals surface area contributed by atoms with Crippen LogP contribution in [-0.4, -0.2) is 25.1 Å². The van der Waals surface area contributed by atoms with Crippen LogP contribution in [0.1, 0.15) is 0 Å². The molecular weight excluding hydrogens is 212 g/mol. The Morgan fingerprint density at radius 1 is 1.12 bits per heavy atom. The van der Waals surface area contributed by atoms with Crippen LogP contribution < -0.4 is 16.2 Å². The fourth-order valence-electron chi connectivity index (χ4n) is 0.900. The second-order valence-electron chi connectivity index (χ2n) is 2.98. The van der Waals surface area contributed by atoms with Gasteiger partial charge in [-0.3, -0.25) is 4.79 Å². The fourth-order valence-corrected chi connectivity index (χ4v) is 0.900. The van der Waals surface area contributed by atoms with Gasteiger partial charge in [0.15, 0.2) is 13.2 Å². The molecule has 1 amide bonds. The van der Waals surface area contributed by atoms with Crippen molar-refractivity contribution in [1.82, 2.24) is 0 Å². The first-order valence-corrected chi connectivity index (χ1v) is 4.50. The molecule has 6 heteroatoms. The predicted molar refractivity (Wildman–Crippen MR) is 56.5 cm³/mol. The molecular formula is C10H12N2O4. The molecule has 16 heavy (non-hydrogen) atoms. The molecule has 0 saturated carbocycles. The van der Waals surface area contributed by atoms with Crippen LogP contribution >= 0.6 is 0 Å². The van der Waals surface area contributed by atoms with Crippen LogP contribution in [0.25, 0.3) is 0 Å². The Morgan fingerprint density at radius 3 is 2.31 bits per heavy atom. The minimum Gasteiger partial charge on any atom is -0.482 e. The molecule has 0 atom stereocenters. The molecule has 1 aromatic rings. The standard InChI is InChI=1S/C10H12N2O4/c11-7-1-3-8(4-2-7)15-6-10(14)16-5-9(12)13/h1-4H,5-6,11H2,(H2,12,13). The lowest BCUT2D eigenvalue weighted by Gasteiger charge is -2.05. The average molecular weight is 224 g/mol. The molecule has 1 aromatic carbocycles. The van der Waals surface area contributed by atoms with Gasteiger partial charge in [-0.1, -0.05) is 0 Å². The maximum atomic E-state index is 11.0. The van der Waals surface area contributed by atoms with Crippen molar-refractivity contribution in [2.24, 2.45) is 5.73 Å². The lowest BCUT2D eigenvalue weighted by molar-refractivity contribution is -0.149. The molecule has 0 unspecified atom stereocenters. The molecule has 0 aliphatic heterocycles. The van der Waals surface area contributed by atoms with E-state index in [9.17, 15) is 9.59 Å². The number of rotatable bonds is 5. The largest absolute Gasteiger partial charge is 0.482 e. The third kappa shape index (κ3) is 4.32. The molecule has 0 radical (unpaired) electrons. The van der Waals surface area contributed by atoms with E-state index in [0.29, 0.717) is 11.4 Å². The maximum Gasteiger partial charge on any atom is 0.344 e. The van der Waals surface area contributed by atoms with Gasteiger partial charge in [-0.2, -0.15) is 0 Å². The summed E-state index contributed by atoms with van der Waals surface area (Å²) in [5, 5.41) is 0. The van der Waals surface area contributed by atoms with Crippen molar-refractivity contribution in [3.05, 3.63) is 24.3 Å². The van der Waals surface area contributed by atoms with E-state index in [1.807, 2.05) is 0 Å². The zero-order valence-electron chi connectivity index (χ0n) is 8.51. The van der Waals surface area contributed by atoms with Crippen LogP contribution in [0.4, 0.5) is 5.69 Å². The Balaban J connectivity index is 2.31. The molecule has 86 valence electrons. The number of benzene rings is 1. The molecule has 0 heterocycles. The number of nitrogens with two attached hydrogens (primary N) is 2. The van der Waals surface area contributed by atoms with Gasteiger partial charge < -0.3 is 20.9 Å². The van der Waals surface area contributed by atoms with Crippen LogP contribution in [0.5, 0.6) is 5.75 Å². The number of hydrogen-bond acceptors (Lipinski definition) is 5. The number of hydrogen-bond donors (Lipinski definition) is 2. The Bertz CT molecular complexity index is 375.